The summed E-state index contributed by atoms with van der Waals surface area (Å²) in [6, 6.07) is 0. The summed E-state index contributed by atoms with van der Waals surface area (Å²) in [6.07, 6.45) is 0. The maximum atomic E-state index is 7.38. The predicted octanol–water partition coefficient (Wildman–Crippen LogP) is -4.33. The maximum absolute atomic E-state index is 7.38. The first-order valence-electron chi connectivity index (χ1n) is 0.894. The molecule has 0 atom stereocenters. The first-order valence-corrected chi connectivity index (χ1v) is 3.69. The average molecular weight is 285 g/mol. The number of hydrogen-bond donors (Lipinski definition) is 4. The van der Waals surface area contributed by atoms with Crippen LogP contribution in [0, 0.1) is 0 Å². The van der Waals surface area contributed by atoms with Crippen molar-refractivity contribution in [2.75, 3.05) is 0 Å². The molecule has 0 unspecified atom stereocenters. The van der Waals surface area contributed by atoms with Crippen LogP contribution in [0.2, 0.25) is 0 Å². The van der Waals surface area contributed by atoms with E-state index in [4.69, 9.17) is 14.8 Å². The van der Waals surface area contributed by atoms with E-state index in [0.717, 1.165) is 0 Å². The topological polar surface area (TPSA) is 80.9 Å². The van der Waals surface area contributed by atoms with Gasteiger partial charge in [-0.3, -0.25) is 0 Å². The number of rotatable bonds is 0. The van der Waals surface area contributed by atoms with E-state index in [1.807, 2.05) is 0 Å². The van der Waals surface area contributed by atoms with Crippen LogP contribution in [0.5, 0.6) is 0 Å². The zero-order chi connectivity index (χ0) is 4.50. The Morgan fingerprint density at radius 3 is 0.857 bits per heavy atom. The molecule has 0 bridgehead atoms. The molecule has 0 amide bonds. The molecule has 0 aromatic carbocycles. The average Bonchev–Trinajstić information content (AvgIpc) is 0.722. The van der Waals surface area contributed by atoms with E-state index in [9.17, 15) is 0 Å². The SMILES string of the molecule is [AlH3].[BaH2].[OH][Ti]([OH])([OH])[OH]. The third-order valence-electron chi connectivity index (χ3n) is 0. The molecular formula is H9AlBaO4Ti. The second kappa shape index (κ2) is 6.77. The second-order valence-electron chi connectivity index (χ2n) is 0.600. The normalized spacial score (nSPS) is 8.57. The fourth-order valence-electron chi connectivity index (χ4n) is 0. The summed E-state index contributed by atoms with van der Waals surface area (Å²) in [6.45, 7) is 0. The molecule has 0 aromatic heterocycles. The number of hydrogen-bond acceptors (Lipinski definition) is 4. The molecule has 0 aliphatic carbocycles. The van der Waals surface area contributed by atoms with Crippen molar-refractivity contribution < 1.29 is 32.9 Å². The van der Waals surface area contributed by atoms with Crippen molar-refractivity contribution in [2.24, 2.45) is 0 Å². The van der Waals surface area contributed by atoms with Gasteiger partial charge in [0.05, 0.1) is 0 Å². The molecule has 4 nitrogen and oxygen atoms in total. The van der Waals surface area contributed by atoms with Crippen molar-refractivity contribution in [3.63, 3.8) is 0 Å². The van der Waals surface area contributed by atoms with Crippen molar-refractivity contribution in [3.8, 4) is 0 Å². The molecule has 0 saturated heterocycles. The summed E-state index contributed by atoms with van der Waals surface area (Å²) in [4.78, 5) is 0. The molecule has 0 saturated carbocycles. The molecule has 0 heterocycles. The Kier molecular flexibility index (Phi) is 15.8. The van der Waals surface area contributed by atoms with E-state index >= 15 is 0 Å². The van der Waals surface area contributed by atoms with Crippen molar-refractivity contribution in [1.29, 1.82) is 0 Å². The molecule has 42 valence electrons. The summed E-state index contributed by atoms with van der Waals surface area (Å²) in [5.74, 6) is 0. The van der Waals surface area contributed by atoms with Crippen LogP contribution in [0.1, 0.15) is 0 Å². The zero-order valence-corrected chi connectivity index (χ0v) is 3.85. The molecule has 0 aliphatic heterocycles. The van der Waals surface area contributed by atoms with E-state index in [-0.39, 0.29) is 66.2 Å². The Morgan fingerprint density at radius 1 is 0.857 bits per heavy atom. The molecular weight excluding hydrogens is 276 g/mol. The Hall–Kier alpha value is 2.66. The molecule has 7 heavy (non-hydrogen) atoms. The molecule has 7 heteroatoms. The van der Waals surface area contributed by atoms with E-state index in [1.165, 1.54) is 0 Å². The van der Waals surface area contributed by atoms with E-state index in [2.05, 4.69) is 0 Å². The molecule has 0 rings (SSSR count). The van der Waals surface area contributed by atoms with Gasteiger partial charge in [0.1, 0.15) is 0 Å². The summed E-state index contributed by atoms with van der Waals surface area (Å²) in [7, 11) is 0. The van der Waals surface area contributed by atoms with Gasteiger partial charge in [-0.05, 0) is 0 Å². The van der Waals surface area contributed by atoms with Crippen LogP contribution in [0.4, 0.5) is 0 Å². The molecule has 0 aliphatic rings. The van der Waals surface area contributed by atoms with Gasteiger partial charge in [0.25, 0.3) is 0 Å². The van der Waals surface area contributed by atoms with Gasteiger partial charge in [-0.25, -0.2) is 0 Å². The van der Waals surface area contributed by atoms with E-state index in [1.54, 1.807) is 0 Å². The van der Waals surface area contributed by atoms with Crippen LogP contribution in [-0.4, -0.2) is 81.0 Å². The van der Waals surface area contributed by atoms with Crippen molar-refractivity contribution in [1.82, 2.24) is 0 Å². The summed E-state index contributed by atoms with van der Waals surface area (Å²) in [5, 5.41) is 0. The minimum atomic E-state index is -5.00. The van der Waals surface area contributed by atoms with E-state index in [0.29, 0.717) is 0 Å². The van der Waals surface area contributed by atoms with Crippen LogP contribution in [0.3, 0.4) is 0 Å². The van der Waals surface area contributed by atoms with Crippen LogP contribution < -0.4 is 0 Å². The second-order valence-corrected chi connectivity index (χ2v) is 2.47. The molecule has 0 aromatic rings. The zero-order valence-electron chi connectivity index (χ0n) is 2.29. The molecule has 0 radical (unpaired) electrons. The Bertz CT molecular complexity index is 27.2. The van der Waals surface area contributed by atoms with Gasteiger partial charge < -0.3 is 0 Å². The molecule has 4 N–H and O–H groups in total. The van der Waals surface area contributed by atoms with Crippen LogP contribution in [-0.2, 0) is 18.1 Å². The van der Waals surface area contributed by atoms with Gasteiger partial charge in [-0.15, -0.1) is 0 Å². The molecule has 0 spiro atoms. The first kappa shape index (κ1) is 16.3. The van der Waals surface area contributed by atoms with Gasteiger partial charge in [0.2, 0.25) is 0 Å². The van der Waals surface area contributed by atoms with Gasteiger partial charge in [0, 0.05) is 0 Å². The third-order valence-corrected chi connectivity index (χ3v) is 0. The molecule has 0 fully saturated rings. The van der Waals surface area contributed by atoms with Crippen molar-refractivity contribution in [3.05, 3.63) is 0 Å². The Balaban J connectivity index is -0.0000000800. The van der Waals surface area contributed by atoms with Gasteiger partial charge >= 0.3 is 81.8 Å². The first-order chi connectivity index (χ1) is 2.00. The van der Waals surface area contributed by atoms with Crippen LogP contribution in [0.25, 0.3) is 0 Å². The van der Waals surface area contributed by atoms with Crippen molar-refractivity contribution >= 4 is 66.2 Å². The fourth-order valence-corrected chi connectivity index (χ4v) is 0. The summed E-state index contributed by atoms with van der Waals surface area (Å²) in [5.41, 5.74) is 0. The van der Waals surface area contributed by atoms with Crippen molar-refractivity contribution in [2.45, 2.75) is 0 Å². The monoisotopic (exact) mass is 286 g/mol. The van der Waals surface area contributed by atoms with Crippen LogP contribution >= 0.6 is 0 Å². The predicted molar refractivity (Wildman–Crippen MR) is 27.4 cm³/mol. The van der Waals surface area contributed by atoms with E-state index < -0.39 is 18.1 Å². The summed E-state index contributed by atoms with van der Waals surface area (Å²) < 4.78 is 29.5. The minimum absolute atomic E-state index is 0. The Labute approximate surface area is 97.0 Å². The van der Waals surface area contributed by atoms with Gasteiger partial charge in [-0.1, -0.05) is 0 Å². The quantitative estimate of drug-likeness (QED) is 0.339. The van der Waals surface area contributed by atoms with Crippen LogP contribution in [0.15, 0.2) is 0 Å². The Morgan fingerprint density at radius 2 is 0.857 bits per heavy atom. The summed E-state index contributed by atoms with van der Waals surface area (Å²) >= 11 is -5.00. The fraction of sp³-hybridized carbons (Fsp3) is 0. The standard InChI is InChI=1S/Al.Ba.4H2O.Ti.5H/h;;4*1H2;;;;;;/q;;;;;;+4;;;;;/p-4. The van der Waals surface area contributed by atoms with Gasteiger partial charge in [-0.2, -0.15) is 0 Å². The van der Waals surface area contributed by atoms with Gasteiger partial charge in [0.15, 0.2) is 17.4 Å². The third kappa shape index (κ3) is 54.3.